The average Bonchev–Trinajstić information content (AvgIpc) is 2.53. The molecule has 0 aromatic heterocycles. The number of methoxy groups -OCH3 is 1. The van der Waals surface area contributed by atoms with E-state index < -0.39 is 0 Å². The Morgan fingerprint density at radius 1 is 1.13 bits per heavy atom. The second-order valence-electron chi connectivity index (χ2n) is 4.96. The molecule has 2 aromatic rings. The number of aryl methyl sites for hydroxylation is 1. The molecule has 0 spiro atoms. The van der Waals surface area contributed by atoms with Gasteiger partial charge in [-0.05, 0) is 61.0 Å². The summed E-state index contributed by atoms with van der Waals surface area (Å²) in [5.41, 5.74) is 2.09. The van der Waals surface area contributed by atoms with Crippen molar-refractivity contribution in [2.45, 2.75) is 12.8 Å². The van der Waals surface area contributed by atoms with Gasteiger partial charge in [0.05, 0.1) is 12.1 Å². The lowest BCUT2D eigenvalue weighted by atomic mass is 10.1. The maximum Gasteiger partial charge on any atom is 0.170 e. The monoisotopic (exact) mass is 368 g/mol. The molecule has 0 bridgehead atoms. The van der Waals surface area contributed by atoms with E-state index in [1.807, 2.05) is 30.3 Å². The third kappa shape index (κ3) is 5.90. The van der Waals surface area contributed by atoms with Crippen LogP contribution in [-0.4, -0.2) is 18.8 Å². The fourth-order valence-corrected chi connectivity index (χ4v) is 2.67. The van der Waals surface area contributed by atoms with E-state index in [0.29, 0.717) is 15.9 Å². The van der Waals surface area contributed by atoms with Crippen LogP contribution >= 0.6 is 35.4 Å². The molecule has 0 radical (unpaired) electrons. The van der Waals surface area contributed by atoms with Crippen LogP contribution < -0.4 is 15.4 Å². The molecule has 23 heavy (non-hydrogen) atoms. The standard InChI is InChI=1S/C17H18Cl2N2OS/c1-22-16-9-8-14(11-15(16)19)21-17(23)20-10-2-3-12-4-6-13(18)7-5-12/h4-9,11H,2-3,10H2,1H3,(H2,20,21,23). The molecule has 0 heterocycles. The maximum absolute atomic E-state index is 6.08. The molecule has 0 fully saturated rings. The van der Waals surface area contributed by atoms with Crippen molar-refractivity contribution < 1.29 is 4.74 Å². The summed E-state index contributed by atoms with van der Waals surface area (Å²) in [4.78, 5) is 0. The largest absolute Gasteiger partial charge is 0.495 e. The van der Waals surface area contributed by atoms with Crippen LogP contribution in [0.2, 0.25) is 10.0 Å². The number of thiocarbonyl (C=S) groups is 1. The van der Waals surface area contributed by atoms with Crippen LogP contribution in [0.25, 0.3) is 0 Å². The maximum atomic E-state index is 6.08. The predicted octanol–water partition coefficient (Wildman–Crippen LogP) is 4.92. The van der Waals surface area contributed by atoms with Crippen molar-refractivity contribution in [2.24, 2.45) is 0 Å². The van der Waals surface area contributed by atoms with E-state index in [1.54, 1.807) is 19.2 Å². The number of hydrogen-bond acceptors (Lipinski definition) is 2. The van der Waals surface area contributed by atoms with Crippen LogP contribution in [0.5, 0.6) is 5.75 Å². The third-order valence-electron chi connectivity index (χ3n) is 3.25. The highest BCUT2D eigenvalue weighted by atomic mass is 35.5. The van der Waals surface area contributed by atoms with Gasteiger partial charge in [-0.15, -0.1) is 0 Å². The highest BCUT2D eigenvalue weighted by Crippen LogP contribution is 2.27. The Morgan fingerprint density at radius 3 is 2.52 bits per heavy atom. The SMILES string of the molecule is COc1ccc(NC(=S)NCCCc2ccc(Cl)cc2)cc1Cl. The Hall–Kier alpha value is -1.49. The quantitative estimate of drug-likeness (QED) is 0.559. The van der Waals surface area contributed by atoms with Gasteiger partial charge in [-0.1, -0.05) is 35.3 Å². The van der Waals surface area contributed by atoms with Crippen molar-refractivity contribution in [1.29, 1.82) is 0 Å². The zero-order chi connectivity index (χ0) is 16.7. The van der Waals surface area contributed by atoms with E-state index >= 15 is 0 Å². The number of ether oxygens (including phenoxy) is 1. The molecule has 0 amide bonds. The highest BCUT2D eigenvalue weighted by molar-refractivity contribution is 7.80. The van der Waals surface area contributed by atoms with Crippen molar-refractivity contribution in [3.63, 3.8) is 0 Å². The van der Waals surface area contributed by atoms with Crippen molar-refractivity contribution in [3.05, 3.63) is 58.1 Å². The molecule has 2 aromatic carbocycles. The second kappa shape index (κ2) is 8.96. The number of rotatable bonds is 6. The summed E-state index contributed by atoms with van der Waals surface area (Å²) < 4.78 is 5.12. The lowest BCUT2D eigenvalue weighted by Crippen LogP contribution is -2.29. The molecule has 2 N–H and O–H groups in total. The van der Waals surface area contributed by atoms with E-state index in [9.17, 15) is 0 Å². The van der Waals surface area contributed by atoms with Gasteiger partial charge in [0.2, 0.25) is 0 Å². The first-order chi connectivity index (χ1) is 11.1. The van der Waals surface area contributed by atoms with E-state index in [0.717, 1.165) is 30.1 Å². The molecule has 3 nitrogen and oxygen atoms in total. The molecule has 0 saturated heterocycles. The van der Waals surface area contributed by atoms with E-state index in [2.05, 4.69) is 10.6 Å². The topological polar surface area (TPSA) is 33.3 Å². The summed E-state index contributed by atoms with van der Waals surface area (Å²) in [6.07, 6.45) is 1.95. The first kappa shape index (κ1) is 17.9. The van der Waals surface area contributed by atoms with Gasteiger partial charge in [-0.3, -0.25) is 0 Å². The Kier molecular flexibility index (Phi) is 6.96. The molecule has 0 atom stereocenters. The summed E-state index contributed by atoms with van der Waals surface area (Å²) in [7, 11) is 1.58. The lowest BCUT2D eigenvalue weighted by molar-refractivity contribution is 0.415. The van der Waals surface area contributed by atoms with Gasteiger partial charge in [0.15, 0.2) is 5.11 Å². The Morgan fingerprint density at radius 2 is 1.87 bits per heavy atom. The number of nitrogens with one attached hydrogen (secondary N) is 2. The summed E-state index contributed by atoms with van der Waals surface area (Å²) in [5.74, 6) is 0.638. The second-order valence-corrected chi connectivity index (χ2v) is 6.21. The molecular weight excluding hydrogens is 351 g/mol. The molecule has 2 rings (SSSR count). The summed E-state index contributed by atoms with van der Waals surface area (Å²) in [6, 6.07) is 13.3. The highest BCUT2D eigenvalue weighted by Gasteiger charge is 2.03. The van der Waals surface area contributed by atoms with Gasteiger partial charge < -0.3 is 15.4 Å². The average molecular weight is 369 g/mol. The van der Waals surface area contributed by atoms with Crippen LogP contribution in [0, 0.1) is 0 Å². The molecular formula is C17H18Cl2N2OS. The molecule has 0 aliphatic carbocycles. The van der Waals surface area contributed by atoms with Crippen molar-refractivity contribution in [1.82, 2.24) is 5.32 Å². The zero-order valence-corrected chi connectivity index (χ0v) is 15.1. The van der Waals surface area contributed by atoms with Gasteiger partial charge in [0, 0.05) is 17.3 Å². The van der Waals surface area contributed by atoms with Crippen molar-refractivity contribution in [3.8, 4) is 5.75 Å². The molecule has 122 valence electrons. The minimum atomic E-state index is 0.544. The van der Waals surface area contributed by atoms with Crippen LogP contribution in [0.3, 0.4) is 0 Å². The number of benzene rings is 2. The van der Waals surface area contributed by atoms with E-state index in [4.69, 9.17) is 40.2 Å². The molecule has 6 heteroatoms. The first-order valence-electron chi connectivity index (χ1n) is 7.21. The summed E-state index contributed by atoms with van der Waals surface area (Å²) in [6.45, 7) is 0.790. The van der Waals surface area contributed by atoms with Crippen molar-refractivity contribution in [2.75, 3.05) is 19.0 Å². The third-order valence-corrected chi connectivity index (χ3v) is 4.04. The minimum absolute atomic E-state index is 0.544. The minimum Gasteiger partial charge on any atom is -0.495 e. The molecule has 0 aliphatic heterocycles. The molecule has 0 saturated carbocycles. The number of hydrogen-bond donors (Lipinski definition) is 2. The smallest absolute Gasteiger partial charge is 0.170 e. The normalized spacial score (nSPS) is 10.2. The number of anilines is 1. The first-order valence-corrected chi connectivity index (χ1v) is 8.38. The lowest BCUT2D eigenvalue weighted by Gasteiger charge is -2.12. The Labute approximate surface area is 151 Å². The summed E-state index contributed by atoms with van der Waals surface area (Å²) in [5, 5.41) is 8.16. The fourth-order valence-electron chi connectivity index (χ4n) is 2.06. The van der Waals surface area contributed by atoms with Crippen LogP contribution in [0.15, 0.2) is 42.5 Å². The van der Waals surface area contributed by atoms with Crippen LogP contribution in [0.4, 0.5) is 5.69 Å². The predicted molar refractivity (Wildman–Crippen MR) is 102 cm³/mol. The molecule has 0 aliphatic rings. The zero-order valence-electron chi connectivity index (χ0n) is 12.7. The Bertz CT molecular complexity index is 662. The van der Waals surface area contributed by atoms with Crippen LogP contribution in [-0.2, 0) is 6.42 Å². The molecule has 0 unspecified atom stereocenters. The van der Waals surface area contributed by atoms with Gasteiger partial charge in [-0.25, -0.2) is 0 Å². The van der Waals surface area contributed by atoms with E-state index in [-0.39, 0.29) is 0 Å². The van der Waals surface area contributed by atoms with Gasteiger partial charge in [-0.2, -0.15) is 0 Å². The number of halogens is 2. The van der Waals surface area contributed by atoms with Crippen molar-refractivity contribution >= 4 is 46.2 Å². The van der Waals surface area contributed by atoms with Gasteiger partial charge >= 0.3 is 0 Å². The van der Waals surface area contributed by atoms with E-state index in [1.165, 1.54) is 5.56 Å². The van der Waals surface area contributed by atoms with Crippen LogP contribution in [0.1, 0.15) is 12.0 Å². The Balaban J connectivity index is 1.72. The van der Waals surface area contributed by atoms with Gasteiger partial charge in [0.1, 0.15) is 5.75 Å². The summed E-state index contributed by atoms with van der Waals surface area (Å²) >= 11 is 17.2. The fraction of sp³-hybridized carbons (Fsp3) is 0.235. The van der Waals surface area contributed by atoms with Gasteiger partial charge in [0.25, 0.3) is 0 Å².